The van der Waals surface area contributed by atoms with E-state index in [0.717, 1.165) is 87.3 Å². The van der Waals surface area contributed by atoms with Crippen molar-refractivity contribution in [2.45, 2.75) is 89.9 Å². The number of carbonyl (C=O) groups excluding carboxylic acids is 3. The van der Waals surface area contributed by atoms with E-state index in [1.54, 1.807) is 0 Å². The smallest absolute Gasteiger partial charge is 0.221 e. The fourth-order valence-corrected chi connectivity index (χ4v) is 4.43. The maximum absolute atomic E-state index is 13.0. The van der Waals surface area contributed by atoms with E-state index in [9.17, 15) is 14.4 Å². The molecule has 4 nitrogen and oxygen atoms in total. The summed E-state index contributed by atoms with van der Waals surface area (Å²) in [5, 5.41) is 2.84. The minimum absolute atomic E-state index is 0.120. The van der Waals surface area contributed by atoms with Crippen molar-refractivity contribution in [3.8, 4) is 0 Å². The number of carbonyl (C=O) groups is 3. The van der Waals surface area contributed by atoms with Gasteiger partial charge in [0.05, 0.1) is 0 Å². The van der Waals surface area contributed by atoms with Crippen LogP contribution < -0.4 is 5.32 Å². The maximum Gasteiger partial charge on any atom is 0.221 e. The molecule has 0 aromatic rings. The van der Waals surface area contributed by atoms with Gasteiger partial charge in [-0.2, -0.15) is 0 Å². The van der Waals surface area contributed by atoms with Crippen molar-refractivity contribution in [1.82, 2.24) is 5.32 Å². The van der Waals surface area contributed by atoms with Gasteiger partial charge < -0.3 is 5.32 Å². The van der Waals surface area contributed by atoms with Gasteiger partial charge in [0.1, 0.15) is 0 Å². The zero-order valence-electron chi connectivity index (χ0n) is 17.2. The van der Waals surface area contributed by atoms with Crippen molar-refractivity contribution in [3.63, 3.8) is 0 Å². The van der Waals surface area contributed by atoms with E-state index >= 15 is 0 Å². The second-order valence-corrected chi connectivity index (χ2v) is 8.42. The Morgan fingerprint density at radius 3 is 1.86 bits per heavy atom. The molecule has 0 radical (unpaired) electrons. The first-order chi connectivity index (χ1) is 13.6. The highest BCUT2D eigenvalue weighted by atomic mass is 35.5. The molecule has 0 aliphatic heterocycles. The molecule has 2 rings (SSSR count). The van der Waals surface area contributed by atoms with E-state index in [-0.39, 0.29) is 16.8 Å². The van der Waals surface area contributed by atoms with Gasteiger partial charge >= 0.3 is 0 Å². The summed E-state index contributed by atoms with van der Waals surface area (Å²) >= 11 is 5.33. The Morgan fingerprint density at radius 1 is 0.821 bits per heavy atom. The van der Waals surface area contributed by atoms with Gasteiger partial charge in [0.25, 0.3) is 0 Å². The van der Waals surface area contributed by atoms with Crippen molar-refractivity contribution in [3.05, 3.63) is 22.3 Å². The molecular weight excluding hydrogens is 374 g/mol. The van der Waals surface area contributed by atoms with Gasteiger partial charge in [0.15, 0.2) is 11.6 Å². The zero-order valence-corrected chi connectivity index (χ0v) is 18.0. The molecule has 2 aliphatic rings. The van der Waals surface area contributed by atoms with Crippen LogP contribution in [0.15, 0.2) is 22.3 Å². The van der Waals surface area contributed by atoms with Crippen LogP contribution in [-0.2, 0) is 14.4 Å². The molecule has 0 saturated heterocycles. The highest BCUT2D eigenvalue weighted by molar-refractivity contribution is 6.63. The summed E-state index contributed by atoms with van der Waals surface area (Å²) in [4.78, 5) is 36.5. The number of ketones is 2. The number of halogens is 1. The first-order valence-corrected chi connectivity index (χ1v) is 11.3. The molecule has 0 saturated carbocycles. The van der Waals surface area contributed by atoms with Gasteiger partial charge in [0, 0.05) is 35.3 Å². The number of allylic oxidation sites excluding steroid dienone is 3. The molecule has 0 bridgehead atoms. The number of nitrogens with one attached hydrogen (secondary N) is 1. The van der Waals surface area contributed by atoms with Crippen molar-refractivity contribution < 1.29 is 14.4 Å². The summed E-state index contributed by atoms with van der Waals surface area (Å²) in [6, 6.07) is 0. The first kappa shape index (κ1) is 23.0. The first-order valence-electron chi connectivity index (χ1n) is 10.9. The second-order valence-electron chi connectivity index (χ2n) is 7.99. The molecule has 0 fully saturated rings. The summed E-state index contributed by atoms with van der Waals surface area (Å²) in [6.45, 7) is 0.488. The Hall–Kier alpha value is -1.26. The standard InChI is InChI=1S/C23H34ClNO3/c1-25-16-20-19(22(27)17-13-10-11-14-18(17)23(20)28)12-8-6-4-2-3-5-7-9-15-21(24)26/h25H,2-16H2,1H3. The van der Waals surface area contributed by atoms with Crippen molar-refractivity contribution in [1.29, 1.82) is 0 Å². The lowest BCUT2D eigenvalue weighted by Gasteiger charge is -2.27. The quantitative estimate of drug-likeness (QED) is 0.259. The average molecular weight is 408 g/mol. The lowest BCUT2D eigenvalue weighted by atomic mass is 9.76. The predicted octanol–water partition coefficient (Wildman–Crippen LogP) is 5.19. The topological polar surface area (TPSA) is 63.2 Å². The van der Waals surface area contributed by atoms with E-state index in [1.165, 1.54) is 12.8 Å². The van der Waals surface area contributed by atoms with E-state index in [0.29, 0.717) is 18.5 Å². The van der Waals surface area contributed by atoms with Gasteiger partial charge in [0.2, 0.25) is 5.24 Å². The van der Waals surface area contributed by atoms with Crippen LogP contribution >= 0.6 is 11.6 Å². The van der Waals surface area contributed by atoms with Crippen LogP contribution in [0.1, 0.15) is 89.9 Å². The molecule has 0 amide bonds. The SMILES string of the molecule is CNCC1=C(CCCCCCCCCCC(=O)Cl)C(=O)C2=C(CCCC2)C1=O. The van der Waals surface area contributed by atoms with Crippen LogP contribution in [0.4, 0.5) is 0 Å². The molecule has 1 N–H and O–H groups in total. The maximum atomic E-state index is 13.0. The number of hydrogen-bond donors (Lipinski definition) is 1. The summed E-state index contributed by atoms with van der Waals surface area (Å²) in [5.41, 5.74) is 3.08. The fraction of sp³-hybridized carbons (Fsp3) is 0.696. The Labute approximate surface area is 174 Å². The number of likely N-dealkylation sites (N-methyl/N-ethyl adjacent to an activating group) is 1. The van der Waals surface area contributed by atoms with Crippen molar-refractivity contribution >= 4 is 28.4 Å². The van der Waals surface area contributed by atoms with Crippen LogP contribution in [0.2, 0.25) is 0 Å². The third-order valence-corrected chi connectivity index (χ3v) is 6.02. The molecule has 2 aliphatic carbocycles. The highest BCUT2D eigenvalue weighted by Gasteiger charge is 2.34. The third-order valence-electron chi connectivity index (χ3n) is 5.83. The lowest BCUT2D eigenvalue weighted by molar-refractivity contribution is -0.117. The molecule has 28 heavy (non-hydrogen) atoms. The highest BCUT2D eigenvalue weighted by Crippen LogP contribution is 2.35. The average Bonchev–Trinajstić information content (AvgIpc) is 2.69. The minimum atomic E-state index is -0.237. The normalized spacial score (nSPS) is 17.4. The van der Waals surface area contributed by atoms with E-state index < -0.39 is 0 Å². The number of unbranched alkanes of at least 4 members (excludes halogenated alkanes) is 7. The molecular formula is C23H34ClNO3. The third kappa shape index (κ3) is 6.66. The van der Waals surface area contributed by atoms with Gasteiger partial charge in [-0.15, -0.1) is 0 Å². The van der Waals surface area contributed by atoms with Gasteiger partial charge in [-0.3, -0.25) is 14.4 Å². The second kappa shape index (κ2) is 12.3. The number of hydrogen-bond acceptors (Lipinski definition) is 4. The molecule has 0 unspecified atom stereocenters. The molecule has 0 spiro atoms. The minimum Gasteiger partial charge on any atom is -0.316 e. The molecule has 0 heterocycles. The Balaban J connectivity index is 1.75. The Kier molecular flexibility index (Phi) is 10.1. The molecule has 0 atom stereocenters. The van der Waals surface area contributed by atoms with E-state index in [1.807, 2.05) is 7.05 Å². The molecule has 0 aromatic carbocycles. The van der Waals surface area contributed by atoms with Gasteiger partial charge in [-0.1, -0.05) is 38.5 Å². The Morgan fingerprint density at radius 2 is 1.32 bits per heavy atom. The summed E-state index contributed by atoms with van der Waals surface area (Å²) < 4.78 is 0. The van der Waals surface area contributed by atoms with Crippen molar-refractivity contribution in [2.75, 3.05) is 13.6 Å². The van der Waals surface area contributed by atoms with Gasteiger partial charge in [-0.25, -0.2) is 0 Å². The van der Waals surface area contributed by atoms with Gasteiger partial charge in [-0.05, 0) is 63.6 Å². The molecule has 156 valence electrons. The van der Waals surface area contributed by atoms with E-state index in [4.69, 9.17) is 11.6 Å². The molecule has 0 aromatic heterocycles. The lowest BCUT2D eigenvalue weighted by Crippen LogP contribution is -2.30. The van der Waals surface area contributed by atoms with Crippen LogP contribution in [0.5, 0.6) is 0 Å². The Bertz CT molecular complexity index is 648. The fourth-order valence-electron chi connectivity index (χ4n) is 4.30. The summed E-state index contributed by atoms with van der Waals surface area (Å²) in [5.74, 6) is 0.266. The van der Waals surface area contributed by atoms with Crippen LogP contribution in [0.25, 0.3) is 0 Å². The van der Waals surface area contributed by atoms with Crippen LogP contribution in [-0.4, -0.2) is 30.4 Å². The monoisotopic (exact) mass is 407 g/mol. The zero-order chi connectivity index (χ0) is 20.4. The van der Waals surface area contributed by atoms with E-state index in [2.05, 4.69) is 5.32 Å². The summed E-state index contributed by atoms with van der Waals surface area (Å²) in [7, 11) is 1.83. The van der Waals surface area contributed by atoms with Crippen molar-refractivity contribution in [2.24, 2.45) is 0 Å². The molecule has 5 heteroatoms. The van der Waals surface area contributed by atoms with Crippen LogP contribution in [0.3, 0.4) is 0 Å². The van der Waals surface area contributed by atoms with Crippen LogP contribution in [0, 0.1) is 0 Å². The summed E-state index contributed by atoms with van der Waals surface area (Å²) in [6.07, 6.45) is 13.4. The predicted molar refractivity (Wildman–Crippen MR) is 113 cm³/mol. The largest absolute Gasteiger partial charge is 0.316 e. The number of rotatable bonds is 13. The number of Topliss-reactive ketones (excluding diaryl/α,β-unsaturated/α-hetero) is 2.